The van der Waals surface area contributed by atoms with E-state index in [0.29, 0.717) is 11.1 Å². The van der Waals surface area contributed by atoms with Crippen molar-refractivity contribution < 1.29 is 29.3 Å². The summed E-state index contributed by atoms with van der Waals surface area (Å²) in [4.78, 5) is 33.4. The standard InChI is InChI=1S/C15H18O6/c1-15(2,3)21-14(20)10-6-4-9(5-7-10)8-11(12(16)17)13(18)19/h4-7,11H,8H2,1-3H3,(H,16,17)(H,18,19). The molecular formula is C15H18O6. The Morgan fingerprint density at radius 2 is 1.52 bits per heavy atom. The Morgan fingerprint density at radius 1 is 1.05 bits per heavy atom. The van der Waals surface area contributed by atoms with Crippen LogP contribution in [0.5, 0.6) is 0 Å². The summed E-state index contributed by atoms with van der Waals surface area (Å²) >= 11 is 0. The van der Waals surface area contributed by atoms with E-state index in [4.69, 9.17) is 14.9 Å². The van der Waals surface area contributed by atoms with Crippen molar-refractivity contribution in [1.29, 1.82) is 0 Å². The van der Waals surface area contributed by atoms with Crippen LogP contribution in [0.1, 0.15) is 36.7 Å². The molecule has 0 bridgehead atoms. The number of carbonyl (C=O) groups excluding carboxylic acids is 1. The van der Waals surface area contributed by atoms with Gasteiger partial charge in [0.05, 0.1) is 5.56 Å². The molecule has 6 heteroatoms. The van der Waals surface area contributed by atoms with Gasteiger partial charge >= 0.3 is 17.9 Å². The molecule has 1 aromatic rings. The molecule has 0 saturated heterocycles. The molecule has 0 aromatic heterocycles. The summed E-state index contributed by atoms with van der Waals surface area (Å²) in [5.74, 6) is -4.77. The van der Waals surface area contributed by atoms with Gasteiger partial charge in [-0.15, -0.1) is 0 Å². The summed E-state index contributed by atoms with van der Waals surface area (Å²) in [7, 11) is 0. The van der Waals surface area contributed by atoms with Crippen LogP contribution in [0.2, 0.25) is 0 Å². The van der Waals surface area contributed by atoms with E-state index in [0.717, 1.165) is 0 Å². The van der Waals surface area contributed by atoms with Gasteiger partial charge in [-0.25, -0.2) is 4.79 Å². The number of benzene rings is 1. The fourth-order valence-corrected chi connectivity index (χ4v) is 1.63. The number of ether oxygens (including phenoxy) is 1. The van der Waals surface area contributed by atoms with Gasteiger partial charge in [0, 0.05) is 0 Å². The Balaban J connectivity index is 2.81. The highest BCUT2D eigenvalue weighted by Gasteiger charge is 2.26. The lowest BCUT2D eigenvalue weighted by molar-refractivity contribution is -0.154. The van der Waals surface area contributed by atoms with Crippen LogP contribution in [0.4, 0.5) is 0 Å². The molecule has 1 rings (SSSR count). The fraction of sp³-hybridized carbons (Fsp3) is 0.400. The molecule has 0 radical (unpaired) electrons. The van der Waals surface area contributed by atoms with Crippen molar-refractivity contribution in [3.05, 3.63) is 35.4 Å². The van der Waals surface area contributed by atoms with E-state index in [1.54, 1.807) is 20.8 Å². The average Bonchev–Trinajstić information content (AvgIpc) is 2.33. The molecule has 0 fully saturated rings. The lowest BCUT2D eigenvalue weighted by atomic mass is 9.99. The molecule has 2 N–H and O–H groups in total. The van der Waals surface area contributed by atoms with Crippen LogP contribution in [0.25, 0.3) is 0 Å². The van der Waals surface area contributed by atoms with E-state index in [2.05, 4.69) is 0 Å². The SMILES string of the molecule is CC(C)(C)OC(=O)c1ccc(CC(C(=O)O)C(=O)O)cc1. The number of esters is 1. The molecule has 0 aliphatic rings. The number of aliphatic carboxylic acids is 2. The van der Waals surface area contributed by atoms with Gasteiger partial charge in [-0.2, -0.15) is 0 Å². The Kier molecular flexibility index (Phi) is 5.07. The van der Waals surface area contributed by atoms with Gasteiger partial charge in [0.15, 0.2) is 5.92 Å². The first kappa shape index (κ1) is 16.7. The summed E-state index contributed by atoms with van der Waals surface area (Å²) in [6.07, 6.45) is -0.140. The van der Waals surface area contributed by atoms with Crippen molar-refractivity contribution >= 4 is 17.9 Å². The average molecular weight is 294 g/mol. The maximum absolute atomic E-state index is 11.8. The Morgan fingerprint density at radius 3 is 1.90 bits per heavy atom. The van der Waals surface area contributed by atoms with Crippen LogP contribution >= 0.6 is 0 Å². The summed E-state index contributed by atoms with van der Waals surface area (Å²) in [5, 5.41) is 17.6. The summed E-state index contributed by atoms with van der Waals surface area (Å²) in [6, 6.07) is 6.03. The Hall–Kier alpha value is -2.37. The molecule has 0 saturated carbocycles. The van der Waals surface area contributed by atoms with Crippen LogP contribution in [0.3, 0.4) is 0 Å². The monoisotopic (exact) mass is 294 g/mol. The smallest absolute Gasteiger partial charge is 0.338 e. The molecule has 21 heavy (non-hydrogen) atoms. The zero-order chi connectivity index (χ0) is 16.2. The number of carboxylic acid groups (broad SMARTS) is 2. The van der Waals surface area contributed by atoms with Gasteiger partial charge in [-0.3, -0.25) is 9.59 Å². The molecule has 0 heterocycles. The molecule has 0 spiro atoms. The minimum absolute atomic E-state index is 0.140. The van der Waals surface area contributed by atoms with Gasteiger partial charge < -0.3 is 14.9 Å². The predicted molar refractivity (Wildman–Crippen MR) is 74.1 cm³/mol. The van der Waals surface area contributed by atoms with E-state index < -0.39 is 29.4 Å². The summed E-state index contributed by atoms with van der Waals surface area (Å²) in [5.41, 5.74) is 0.251. The third-order valence-electron chi connectivity index (χ3n) is 2.62. The van der Waals surface area contributed by atoms with Gasteiger partial charge in [-0.1, -0.05) is 12.1 Å². The van der Waals surface area contributed by atoms with Gasteiger partial charge in [0.25, 0.3) is 0 Å². The number of carbonyl (C=O) groups is 3. The summed E-state index contributed by atoms with van der Waals surface area (Å²) in [6.45, 7) is 5.26. The zero-order valence-electron chi connectivity index (χ0n) is 12.1. The van der Waals surface area contributed by atoms with E-state index in [1.165, 1.54) is 24.3 Å². The lowest BCUT2D eigenvalue weighted by Crippen LogP contribution is -2.25. The van der Waals surface area contributed by atoms with Crippen LogP contribution in [-0.4, -0.2) is 33.7 Å². The molecule has 0 amide bonds. The highest BCUT2D eigenvalue weighted by Crippen LogP contribution is 2.15. The number of rotatable bonds is 5. The van der Waals surface area contributed by atoms with E-state index in [-0.39, 0.29) is 6.42 Å². The first-order valence-electron chi connectivity index (χ1n) is 6.38. The van der Waals surface area contributed by atoms with Crippen molar-refractivity contribution in [3.63, 3.8) is 0 Å². The highest BCUT2D eigenvalue weighted by atomic mass is 16.6. The second-order valence-electron chi connectivity index (χ2n) is 5.63. The summed E-state index contributed by atoms with van der Waals surface area (Å²) < 4.78 is 5.19. The van der Waals surface area contributed by atoms with Crippen molar-refractivity contribution in [2.24, 2.45) is 5.92 Å². The van der Waals surface area contributed by atoms with E-state index in [1.807, 2.05) is 0 Å². The normalized spacial score (nSPS) is 11.2. The topological polar surface area (TPSA) is 101 Å². The Bertz CT molecular complexity index is 524. The number of hydrogen-bond donors (Lipinski definition) is 2. The fourth-order valence-electron chi connectivity index (χ4n) is 1.63. The van der Waals surface area contributed by atoms with Crippen molar-refractivity contribution in [3.8, 4) is 0 Å². The second-order valence-corrected chi connectivity index (χ2v) is 5.63. The highest BCUT2D eigenvalue weighted by molar-refractivity contribution is 5.93. The lowest BCUT2D eigenvalue weighted by Gasteiger charge is -2.19. The minimum atomic E-state index is -1.50. The zero-order valence-corrected chi connectivity index (χ0v) is 12.1. The second kappa shape index (κ2) is 6.39. The van der Waals surface area contributed by atoms with Crippen LogP contribution in [0, 0.1) is 5.92 Å². The van der Waals surface area contributed by atoms with E-state index >= 15 is 0 Å². The largest absolute Gasteiger partial charge is 0.481 e. The maximum atomic E-state index is 11.8. The molecule has 1 aromatic carbocycles. The van der Waals surface area contributed by atoms with Gasteiger partial charge in [0.1, 0.15) is 5.60 Å². The van der Waals surface area contributed by atoms with Crippen LogP contribution < -0.4 is 0 Å². The van der Waals surface area contributed by atoms with E-state index in [9.17, 15) is 14.4 Å². The van der Waals surface area contributed by atoms with Crippen molar-refractivity contribution in [1.82, 2.24) is 0 Å². The van der Waals surface area contributed by atoms with Gasteiger partial charge in [-0.05, 0) is 44.9 Å². The molecule has 114 valence electrons. The number of carboxylic acids is 2. The minimum Gasteiger partial charge on any atom is -0.481 e. The maximum Gasteiger partial charge on any atom is 0.338 e. The van der Waals surface area contributed by atoms with Gasteiger partial charge in [0.2, 0.25) is 0 Å². The molecule has 0 atom stereocenters. The molecule has 0 unspecified atom stereocenters. The first-order valence-corrected chi connectivity index (χ1v) is 6.38. The third kappa shape index (κ3) is 5.25. The third-order valence-corrected chi connectivity index (χ3v) is 2.62. The molecule has 6 nitrogen and oxygen atoms in total. The quantitative estimate of drug-likeness (QED) is 0.636. The van der Waals surface area contributed by atoms with Crippen molar-refractivity contribution in [2.75, 3.05) is 0 Å². The first-order chi connectivity index (χ1) is 9.60. The predicted octanol–water partition coefficient (Wildman–Crippen LogP) is 1.97. The molecular weight excluding hydrogens is 276 g/mol. The van der Waals surface area contributed by atoms with Crippen molar-refractivity contribution in [2.45, 2.75) is 32.8 Å². The van der Waals surface area contributed by atoms with Crippen LogP contribution in [-0.2, 0) is 20.7 Å². The molecule has 0 aliphatic heterocycles. The number of hydrogen-bond acceptors (Lipinski definition) is 4. The van der Waals surface area contributed by atoms with Crippen LogP contribution in [0.15, 0.2) is 24.3 Å². The molecule has 0 aliphatic carbocycles. The Labute approximate surface area is 122 Å².